The number of hydrogen-bond donors (Lipinski definition) is 3. The lowest BCUT2D eigenvalue weighted by Gasteiger charge is -2.15. The lowest BCUT2D eigenvalue weighted by Crippen LogP contribution is -2.23. The normalized spacial score (nSPS) is 14.2. The van der Waals surface area contributed by atoms with Crippen LogP contribution >= 0.6 is 46.6 Å². The average Bonchev–Trinajstić information content (AvgIpc) is 3.93. The van der Waals surface area contributed by atoms with Crippen molar-refractivity contribution < 1.29 is 72.2 Å². The van der Waals surface area contributed by atoms with E-state index in [0.29, 0.717) is 34.9 Å². The van der Waals surface area contributed by atoms with Crippen molar-refractivity contribution in [3.05, 3.63) is 63.2 Å². The summed E-state index contributed by atoms with van der Waals surface area (Å²) in [5.74, 6) is 0.692. The highest BCUT2D eigenvalue weighted by atomic mass is 35.5. The number of aromatic nitrogens is 2. The molecule has 4 N–H and O–H groups in total. The zero-order chi connectivity index (χ0) is 58.0. The van der Waals surface area contributed by atoms with Gasteiger partial charge in [-0.2, -0.15) is 8.42 Å². The number of nitrogens with zero attached hydrogens (tertiary/aromatic N) is 2. The van der Waals surface area contributed by atoms with E-state index >= 15 is 0 Å². The minimum Gasteiger partial charge on any atom is -0.504 e. The smallest absolute Gasteiger partial charge is 0.264 e. The monoisotopic (exact) mass is 1200 g/mol. The largest absolute Gasteiger partial charge is 0.504 e. The number of benzene rings is 3. The van der Waals surface area contributed by atoms with Crippen LogP contribution in [-0.4, -0.2) is 148 Å². The van der Waals surface area contributed by atoms with Gasteiger partial charge in [-0.05, 0) is 64.1 Å². The van der Waals surface area contributed by atoms with Crippen LogP contribution in [0.3, 0.4) is 0 Å². The third-order valence-electron chi connectivity index (χ3n) is 9.63. The van der Waals surface area contributed by atoms with E-state index in [-0.39, 0.29) is 67.9 Å². The van der Waals surface area contributed by atoms with Gasteiger partial charge in [-0.15, -0.1) is 11.8 Å². The molecule has 5 rings (SSSR count). The summed E-state index contributed by atoms with van der Waals surface area (Å²) in [6, 6.07) is 9.66. The second-order valence-electron chi connectivity index (χ2n) is 19.2. The zero-order valence-electron chi connectivity index (χ0n) is 45.7. The fraction of sp³-hybridized carbons (Fsp3) is 0.592. The summed E-state index contributed by atoms with van der Waals surface area (Å²) >= 11 is 19.9. The van der Waals surface area contributed by atoms with Gasteiger partial charge in [0.05, 0.1) is 87.6 Å². The van der Waals surface area contributed by atoms with Crippen LogP contribution in [0.15, 0.2) is 59.9 Å². The number of sulfone groups is 2. The number of aliphatic hydroxyl groups excluding tert-OH is 1. The van der Waals surface area contributed by atoms with E-state index in [0.717, 1.165) is 28.1 Å². The first-order valence-corrected chi connectivity index (χ1v) is 30.0. The highest BCUT2D eigenvalue weighted by molar-refractivity contribution is 8.00. The Morgan fingerprint density at radius 2 is 1.01 bits per heavy atom. The molecule has 5 unspecified atom stereocenters. The molecular weight excluding hydrogens is 1120 g/mol. The standard InChI is InChI=1S/C15H20ClNO4S.C15H20ClNO2S.C10H14ClNO4S.C5H12O4S.C4H10O2/c1-9(8-20-5)22(18,19)13-10(16)6-7-11-12(13)21-14(17-11)15(2,3)4;1-9(8-18-5)20-13-10(16)6-7-11-12(13)19-14(17-11)15(2,3)4;1-6(5-16-2)17(14,15)10-7(11)3-4-8(12)9(10)13;1-5(4-8-2)9-10(3,6)7;1-4(5)3-6-2/h6-7,9H,8H2,1-5H3;6-7,9H,8H2,1-5H3;3-4,6,13H,5,12H2,1-2H3;5H,4H2,1-3H3;4-5H,3H2,1-2H3. The number of methoxy groups -OCH3 is 5. The molecule has 0 aliphatic heterocycles. The molecule has 0 amide bonds. The van der Waals surface area contributed by atoms with E-state index in [1.165, 1.54) is 46.5 Å². The van der Waals surface area contributed by atoms with Crippen LogP contribution in [0.2, 0.25) is 15.1 Å². The number of aliphatic hydroxyl groups is 1. The van der Waals surface area contributed by atoms with Crippen molar-refractivity contribution in [2.24, 2.45) is 0 Å². The third-order valence-corrected chi connectivity index (χ3v) is 17.1. The molecule has 5 aromatic rings. The van der Waals surface area contributed by atoms with Crippen LogP contribution in [0, 0.1) is 0 Å². The van der Waals surface area contributed by atoms with Crippen molar-refractivity contribution in [2.75, 3.05) is 80.6 Å². The fourth-order valence-electron chi connectivity index (χ4n) is 6.06. The quantitative estimate of drug-likeness (QED) is 0.0318. The lowest BCUT2D eigenvalue weighted by molar-refractivity contribution is 0.0765. The first-order chi connectivity index (χ1) is 34.5. The summed E-state index contributed by atoms with van der Waals surface area (Å²) in [6.07, 6.45) is 0.286. The van der Waals surface area contributed by atoms with E-state index in [1.54, 1.807) is 52.8 Å². The van der Waals surface area contributed by atoms with Crippen molar-refractivity contribution in [3.63, 3.8) is 0 Å². The number of fused-ring (bicyclic) bond motifs is 2. The van der Waals surface area contributed by atoms with Gasteiger partial charge in [0.1, 0.15) is 20.8 Å². The Morgan fingerprint density at radius 3 is 1.43 bits per heavy atom. The molecule has 19 nitrogen and oxygen atoms in total. The molecule has 0 radical (unpaired) electrons. The number of nitrogens with two attached hydrogens (primary N) is 1. The molecule has 2 heterocycles. The van der Waals surface area contributed by atoms with Gasteiger partial charge in [-0.1, -0.05) is 83.3 Å². The summed E-state index contributed by atoms with van der Waals surface area (Å²) in [5, 5.41) is 17.6. The minimum atomic E-state index is -3.77. The summed E-state index contributed by atoms with van der Waals surface area (Å²) in [7, 11) is -3.17. The van der Waals surface area contributed by atoms with Crippen molar-refractivity contribution >= 4 is 104 Å². The molecule has 75 heavy (non-hydrogen) atoms. The maximum absolute atomic E-state index is 12.8. The van der Waals surface area contributed by atoms with Crippen LogP contribution in [-0.2, 0) is 68.5 Å². The maximum atomic E-state index is 12.8. The first-order valence-electron chi connectivity index (χ1n) is 23.1. The molecule has 2 aromatic heterocycles. The molecule has 0 saturated carbocycles. The second-order valence-corrected chi connectivity index (χ2v) is 28.1. The number of oxazole rings is 2. The Morgan fingerprint density at radius 1 is 0.613 bits per heavy atom. The molecule has 26 heteroatoms. The molecule has 0 aliphatic rings. The number of thioether (sulfide) groups is 1. The van der Waals surface area contributed by atoms with E-state index < -0.39 is 52.1 Å². The summed E-state index contributed by atoms with van der Waals surface area (Å²) in [4.78, 5) is 9.54. The topological polar surface area (TPSA) is 276 Å². The number of rotatable bonds is 18. The summed E-state index contributed by atoms with van der Waals surface area (Å²) in [6.45, 7) is 22.0. The molecule has 0 fully saturated rings. The van der Waals surface area contributed by atoms with Gasteiger partial charge in [-0.3, -0.25) is 4.18 Å². The number of aromatic hydroxyl groups is 1. The Kier molecular flexibility index (Phi) is 28.9. The van der Waals surface area contributed by atoms with E-state index in [9.17, 15) is 30.4 Å². The zero-order valence-corrected chi connectivity index (χ0v) is 51.3. The molecular formula is C49H76Cl3N3O16S4. The van der Waals surface area contributed by atoms with Gasteiger partial charge >= 0.3 is 0 Å². The molecule has 0 aliphatic carbocycles. The summed E-state index contributed by atoms with van der Waals surface area (Å²) < 4.78 is 111. The summed E-state index contributed by atoms with van der Waals surface area (Å²) in [5.41, 5.74) is 7.30. The van der Waals surface area contributed by atoms with Gasteiger partial charge in [0.15, 0.2) is 36.6 Å². The number of hydrogen-bond acceptors (Lipinski definition) is 20. The van der Waals surface area contributed by atoms with Gasteiger partial charge in [-0.25, -0.2) is 26.8 Å². The van der Waals surface area contributed by atoms with Gasteiger partial charge in [0.25, 0.3) is 10.1 Å². The first kappa shape index (κ1) is 70.0. The van der Waals surface area contributed by atoms with Gasteiger partial charge in [0.2, 0.25) is 11.8 Å². The van der Waals surface area contributed by atoms with Crippen LogP contribution in [0.25, 0.3) is 22.2 Å². The van der Waals surface area contributed by atoms with Crippen molar-refractivity contribution in [1.82, 2.24) is 9.97 Å². The predicted octanol–water partition coefficient (Wildman–Crippen LogP) is 9.94. The SMILES string of the molecule is COCC(C)O.COCC(C)OS(C)(=O)=O.COCC(C)S(=O)(=O)c1c(Cl)ccc(N)c1O.COCC(C)S(=O)(=O)c1c(Cl)ccc2nc(C(C)(C)C)oc12.COCC(C)Sc1c(Cl)ccc2nc(C(C)(C)C)oc12. The van der Waals surface area contributed by atoms with Gasteiger partial charge < -0.3 is 48.5 Å². The lowest BCUT2D eigenvalue weighted by atomic mass is 9.97. The molecule has 0 bridgehead atoms. The van der Waals surface area contributed by atoms with Gasteiger partial charge in [0, 0.05) is 51.6 Å². The highest BCUT2D eigenvalue weighted by Crippen LogP contribution is 2.40. The van der Waals surface area contributed by atoms with Crippen LogP contribution in [0.1, 0.15) is 87.9 Å². The van der Waals surface area contributed by atoms with Crippen molar-refractivity contribution in [2.45, 2.75) is 130 Å². The third kappa shape index (κ3) is 22.0. The Labute approximate surface area is 462 Å². The van der Waals surface area contributed by atoms with Crippen LogP contribution in [0.5, 0.6) is 5.75 Å². The fourth-order valence-corrected chi connectivity index (χ4v) is 11.9. The predicted molar refractivity (Wildman–Crippen MR) is 298 cm³/mol. The van der Waals surface area contributed by atoms with E-state index in [4.69, 9.17) is 68.7 Å². The highest BCUT2D eigenvalue weighted by Gasteiger charge is 2.33. The molecule has 0 saturated heterocycles. The molecule has 0 spiro atoms. The molecule has 428 valence electrons. The molecule has 5 atom stereocenters. The van der Waals surface area contributed by atoms with Crippen LogP contribution < -0.4 is 5.73 Å². The number of ether oxygens (including phenoxy) is 5. The minimum absolute atomic E-state index is 0.00685. The Bertz CT molecular complexity index is 2900. The number of phenolic OH excluding ortho intramolecular Hbond substituents is 1. The number of halogens is 3. The number of phenols is 1. The van der Waals surface area contributed by atoms with E-state index in [2.05, 4.69) is 51.3 Å². The molecule has 3 aromatic carbocycles. The average molecular weight is 1200 g/mol. The Balaban J connectivity index is 0.000000495. The number of nitrogen functional groups attached to an aromatic ring is 1. The van der Waals surface area contributed by atoms with Crippen molar-refractivity contribution in [1.29, 1.82) is 0 Å². The van der Waals surface area contributed by atoms with Crippen LogP contribution in [0.4, 0.5) is 5.69 Å². The Hall–Kier alpha value is -3.01. The van der Waals surface area contributed by atoms with E-state index in [1.807, 2.05) is 32.9 Å². The maximum Gasteiger partial charge on any atom is 0.264 e. The second kappa shape index (κ2) is 31.0. The van der Waals surface area contributed by atoms with Crippen molar-refractivity contribution in [3.8, 4) is 5.75 Å². The number of anilines is 1.